The fourth-order valence-corrected chi connectivity index (χ4v) is 2.62. The van der Waals surface area contributed by atoms with Crippen LogP contribution in [0.15, 0.2) is 42.7 Å². The molecule has 1 fully saturated rings. The van der Waals surface area contributed by atoms with Crippen molar-refractivity contribution in [2.24, 2.45) is 0 Å². The molecule has 0 spiro atoms. The number of carbonyl (C=O) groups excluding carboxylic acids is 1. The summed E-state index contributed by atoms with van der Waals surface area (Å²) < 4.78 is 7.09. The average molecular weight is 314 g/mol. The summed E-state index contributed by atoms with van der Waals surface area (Å²) in [5.74, 6) is -0.0287. The summed E-state index contributed by atoms with van der Waals surface area (Å²) in [6.45, 7) is 5.30. The first-order valence-corrected chi connectivity index (χ1v) is 8.01. The van der Waals surface area contributed by atoms with Gasteiger partial charge in [-0.1, -0.05) is 0 Å². The van der Waals surface area contributed by atoms with Crippen molar-refractivity contribution in [3.8, 4) is 5.69 Å². The maximum Gasteiger partial charge on any atom is 0.251 e. The van der Waals surface area contributed by atoms with E-state index >= 15 is 0 Å². The summed E-state index contributed by atoms with van der Waals surface area (Å²) in [4.78, 5) is 14.5. The minimum Gasteiger partial charge on any atom is -0.379 e. The first-order chi connectivity index (χ1) is 11.3. The van der Waals surface area contributed by atoms with E-state index in [-0.39, 0.29) is 5.91 Å². The molecular weight excluding hydrogens is 292 g/mol. The van der Waals surface area contributed by atoms with Gasteiger partial charge in [-0.25, -0.2) is 4.68 Å². The van der Waals surface area contributed by atoms with Gasteiger partial charge in [-0.3, -0.25) is 9.69 Å². The second-order valence-electron chi connectivity index (χ2n) is 5.56. The number of benzene rings is 1. The maximum absolute atomic E-state index is 12.1. The molecule has 0 bridgehead atoms. The molecule has 23 heavy (non-hydrogen) atoms. The Morgan fingerprint density at radius 1 is 1.22 bits per heavy atom. The van der Waals surface area contributed by atoms with Crippen LogP contribution in [-0.2, 0) is 4.74 Å². The Kier molecular flexibility index (Phi) is 5.39. The number of aromatic nitrogens is 2. The largest absolute Gasteiger partial charge is 0.379 e. The van der Waals surface area contributed by atoms with Crippen LogP contribution in [0.2, 0.25) is 0 Å². The van der Waals surface area contributed by atoms with E-state index in [1.165, 1.54) is 0 Å². The lowest BCUT2D eigenvalue weighted by atomic mass is 10.2. The number of hydrogen-bond donors (Lipinski definition) is 1. The monoisotopic (exact) mass is 314 g/mol. The van der Waals surface area contributed by atoms with Crippen LogP contribution in [0.1, 0.15) is 16.8 Å². The summed E-state index contributed by atoms with van der Waals surface area (Å²) in [5.41, 5.74) is 1.62. The molecule has 0 atom stereocenters. The van der Waals surface area contributed by atoms with Crippen LogP contribution >= 0.6 is 0 Å². The van der Waals surface area contributed by atoms with Crippen molar-refractivity contribution in [3.05, 3.63) is 48.3 Å². The second kappa shape index (κ2) is 7.89. The van der Waals surface area contributed by atoms with Gasteiger partial charge < -0.3 is 10.1 Å². The van der Waals surface area contributed by atoms with E-state index < -0.39 is 0 Å². The highest BCUT2D eigenvalue weighted by molar-refractivity contribution is 5.94. The minimum absolute atomic E-state index is 0.0287. The zero-order valence-corrected chi connectivity index (χ0v) is 13.1. The first-order valence-electron chi connectivity index (χ1n) is 8.01. The van der Waals surface area contributed by atoms with E-state index in [1.54, 1.807) is 10.9 Å². The molecule has 1 N–H and O–H groups in total. The molecule has 3 rings (SSSR count). The minimum atomic E-state index is -0.0287. The van der Waals surface area contributed by atoms with Crippen LogP contribution in [0.4, 0.5) is 0 Å². The molecule has 1 saturated heterocycles. The Labute approximate surface area is 136 Å². The Hall–Kier alpha value is -2.18. The van der Waals surface area contributed by atoms with Crippen LogP contribution < -0.4 is 5.32 Å². The number of nitrogens with zero attached hydrogens (tertiary/aromatic N) is 3. The Morgan fingerprint density at radius 2 is 2.00 bits per heavy atom. The van der Waals surface area contributed by atoms with Crippen molar-refractivity contribution < 1.29 is 9.53 Å². The summed E-state index contributed by atoms with van der Waals surface area (Å²) >= 11 is 0. The number of amides is 1. The molecule has 1 aliphatic rings. The van der Waals surface area contributed by atoms with E-state index in [9.17, 15) is 4.79 Å². The highest BCUT2D eigenvalue weighted by atomic mass is 16.5. The summed E-state index contributed by atoms with van der Waals surface area (Å²) in [6.07, 6.45) is 4.56. The van der Waals surface area contributed by atoms with E-state index in [2.05, 4.69) is 15.3 Å². The summed E-state index contributed by atoms with van der Waals surface area (Å²) in [5, 5.41) is 7.14. The quantitative estimate of drug-likeness (QED) is 0.817. The third-order valence-corrected chi connectivity index (χ3v) is 3.94. The molecule has 6 nitrogen and oxygen atoms in total. The smallest absolute Gasteiger partial charge is 0.251 e. The van der Waals surface area contributed by atoms with Crippen LogP contribution in [0.3, 0.4) is 0 Å². The van der Waals surface area contributed by atoms with E-state index in [0.29, 0.717) is 12.1 Å². The Bertz CT molecular complexity index is 604. The highest BCUT2D eigenvalue weighted by Crippen LogP contribution is 2.08. The number of hydrogen-bond acceptors (Lipinski definition) is 4. The van der Waals surface area contributed by atoms with Crippen LogP contribution in [0.5, 0.6) is 0 Å². The van der Waals surface area contributed by atoms with Gasteiger partial charge in [0, 0.05) is 37.6 Å². The molecule has 1 amide bonds. The SMILES string of the molecule is O=C(NCCCN1CCOCC1)c1ccc(-n2cccn2)cc1. The lowest BCUT2D eigenvalue weighted by molar-refractivity contribution is 0.0374. The molecule has 122 valence electrons. The van der Waals surface area contributed by atoms with Gasteiger partial charge in [0.15, 0.2) is 0 Å². The lowest BCUT2D eigenvalue weighted by Crippen LogP contribution is -2.38. The summed E-state index contributed by atoms with van der Waals surface area (Å²) in [6, 6.07) is 9.32. The molecule has 2 aromatic rings. The van der Waals surface area contributed by atoms with E-state index in [4.69, 9.17) is 4.74 Å². The normalized spacial score (nSPS) is 15.5. The van der Waals surface area contributed by atoms with Gasteiger partial charge in [-0.05, 0) is 43.3 Å². The molecule has 1 aliphatic heterocycles. The van der Waals surface area contributed by atoms with Crippen molar-refractivity contribution in [3.63, 3.8) is 0 Å². The number of morpholine rings is 1. The summed E-state index contributed by atoms with van der Waals surface area (Å²) in [7, 11) is 0. The first kappa shape index (κ1) is 15.7. The Balaban J connectivity index is 1.43. The molecule has 0 aliphatic carbocycles. The van der Waals surface area contributed by atoms with Crippen molar-refractivity contribution in [2.45, 2.75) is 6.42 Å². The zero-order chi connectivity index (χ0) is 15.9. The second-order valence-corrected chi connectivity index (χ2v) is 5.56. The van der Waals surface area contributed by atoms with Gasteiger partial charge in [0.25, 0.3) is 5.91 Å². The van der Waals surface area contributed by atoms with Crippen molar-refractivity contribution in [1.29, 1.82) is 0 Å². The molecule has 1 aromatic carbocycles. The molecular formula is C17H22N4O2. The van der Waals surface area contributed by atoms with Crippen molar-refractivity contribution in [2.75, 3.05) is 39.4 Å². The van der Waals surface area contributed by atoms with Gasteiger partial charge in [-0.2, -0.15) is 5.10 Å². The van der Waals surface area contributed by atoms with Crippen molar-refractivity contribution >= 4 is 5.91 Å². The molecule has 0 radical (unpaired) electrons. The van der Waals surface area contributed by atoms with Gasteiger partial charge in [0.2, 0.25) is 0 Å². The number of carbonyl (C=O) groups is 1. The fraction of sp³-hybridized carbons (Fsp3) is 0.412. The van der Waals surface area contributed by atoms with Crippen LogP contribution in [-0.4, -0.2) is 60.0 Å². The van der Waals surface area contributed by atoms with Gasteiger partial charge in [0.1, 0.15) is 0 Å². The van der Waals surface area contributed by atoms with Gasteiger partial charge >= 0.3 is 0 Å². The third kappa shape index (κ3) is 4.40. The fourth-order valence-electron chi connectivity index (χ4n) is 2.62. The predicted octanol–water partition coefficient (Wildman–Crippen LogP) is 1.32. The number of nitrogens with one attached hydrogen (secondary N) is 1. The molecule has 0 saturated carbocycles. The van der Waals surface area contributed by atoms with E-state index in [1.807, 2.05) is 36.5 Å². The number of ether oxygens (including phenoxy) is 1. The standard InChI is InChI=1S/C17H22N4O2/c22-17(18-7-1-9-20-11-13-23-14-12-20)15-3-5-16(6-4-15)21-10-2-8-19-21/h2-6,8,10H,1,7,9,11-14H2,(H,18,22). The zero-order valence-electron chi connectivity index (χ0n) is 13.1. The maximum atomic E-state index is 12.1. The molecule has 6 heteroatoms. The van der Waals surface area contributed by atoms with Crippen LogP contribution in [0.25, 0.3) is 5.69 Å². The molecule has 0 unspecified atom stereocenters. The van der Waals surface area contributed by atoms with Crippen LogP contribution in [0, 0.1) is 0 Å². The lowest BCUT2D eigenvalue weighted by Gasteiger charge is -2.26. The van der Waals surface area contributed by atoms with Crippen molar-refractivity contribution in [1.82, 2.24) is 20.0 Å². The Morgan fingerprint density at radius 3 is 2.70 bits per heavy atom. The predicted molar refractivity (Wildman–Crippen MR) is 87.8 cm³/mol. The number of rotatable bonds is 6. The third-order valence-electron chi connectivity index (χ3n) is 3.94. The highest BCUT2D eigenvalue weighted by Gasteiger charge is 2.10. The van der Waals surface area contributed by atoms with Gasteiger partial charge in [-0.15, -0.1) is 0 Å². The van der Waals surface area contributed by atoms with Gasteiger partial charge in [0.05, 0.1) is 18.9 Å². The molecule has 1 aromatic heterocycles. The average Bonchev–Trinajstić information content (AvgIpc) is 3.14. The topological polar surface area (TPSA) is 59.4 Å². The molecule has 2 heterocycles. The van der Waals surface area contributed by atoms with E-state index in [0.717, 1.165) is 45.0 Å².